The van der Waals surface area contributed by atoms with Gasteiger partial charge in [0.1, 0.15) is 23.0 Å². The van der Waals surface area contributed by atoms with Gasteiger partial charge in [0, 0.05) is 13.0 Å². The Labute approximate surface area is 457 Å². The molecule has 2 aliphatic rings. The second kappa shape index (κ2) is 29.7. The summed E-state index contributed by atoms with van der Waals surface area (Å²) in [6, 6.07) is 34.5. The molecule has 6 rings (SSSR count). The van der Waals surface area contributed by atoms with Crippen molar-refractivity contribution in [2.24, 2.45) is 11.8 Å². The summed E-state index contributed by atoms with van der Waals surface area (Å²) in [5, 5.41) is 54.7. The van der Waals surface area contributed by atoms with E-state index in [9.17, 15) is 26.3 Å². The second-order valence-corrected chi connectivity index (χ2v) is 19.9. The zero-order valence-electron chi connectivity index (χ0n) is 45.9. The van der Waals surface area contributed by atoms with Crippen LogP contribution >= 0.6 is 0 Å². The van der Waals surface area contributed by atoms with Crippen LogP contribution in [-0.4, -0.2) is 39.1 Å². The van der Waals surface area contributed by atoms with Gasteiger partial charge >= 0.3 is 0 Å². The molecule has 0 spiro atoms. The van der Waals surface area contributed by atoms with Gasteiger partial charge in [-0.1, -0.05) is 86.6 Å². The van der Waals surface area contributed by atoms with Crippen molar-refractivity contribution < 1.29 is 23.7 Å². The van der Waals surface area contributed by atoms with Crippen LogP contribution in [0.4, 0.5) is 0 Å². The molecule has 0 radical (unpaired) electrons. The number of nitrogens with zero attached hydrogens (tertiary/aromatic N) is 5. The number of fused-ring (bicyclic) bond motifs is 9. The summed E-state index contributed by atoms with van der Waals surface area (Å²) in [5.74, 6) is 2.67. The molecule has 0 amide bonds. The van der Waals surface area contributed by atoms with E-state index >= 15 is 0 Å². The third-order valence-corrected chi connectivity index (χ3v) is 13.4. The fourth-order valence-electron chi connectivity index (χ4n) is 8.47. The Bertz CT molecular complexity index is 3190. The van der Waals surface area contributed by atoms with E-state index < -0.39 is 0 Å². The Kier molecular flexibility index (Phi) is 22.3. The maximum atomic E-state index is 11.0. The van der Waals surface area contributed by atoms with Gasteiger partial charge in [0.25, 0.3) is 0 Å². The minimum atomic E-state index is -0.390. The van der Waals surface area contributed by atoms with Crippen LogP contribution in [0.3, 0.4) is 0 Å². The summed E-state index contributed by atoms with van der Waals surface area (Å²) in [5.41, 5.74) is 7.92. The number of ether oxygens (including phenoxy) is 5. The summed E-state index contributed by atoms with van der Waals surface area (Å²) >= 11 is 0. The highest BCUT2D eigenvalue weighted by Gasteiger charge is 2.21. The molecule has 3 atom stereocenters. The van der Waals surface area contributed by atoms with Gasteiger partial charge in [-0.25, -0.2) is 0 Å². The van der Waals surface area contributed by atoms with Crippen LogP contribution in [0.1, 0.15) is 151 Å². The number of nitriles is 5. The fraction of sp³-hybridized carbons (Fsp3) is 0.358. The maximum absolute atomic E-state index is 11.0. The predicted octanol–water partition coefficient (Wildman–Crippen LogP) is 16.4. The van der Waals surface area contributed by atoms with Gasteiger partial charge in [-0.2, -0.15) is 26.3 Å². The standard InChI is InChI=1S/C67H71N5O5/c1-8-13-16-73-63-29-48-19-54(35-63)59(40-69)27-51-22-57(38-66(32-51)76-44-46(6)11-4)62(43-72)26-50-21-55(36-65(31-50)75-18-15-10-3)60(41-70)28-52-23-56(37-67(33-52)77-45-47(7)12-5)61(42-71)25-49-20-53(58(24-48)39-68)34-64(30-49)74-17-14-9-2/h19-34,36-38,46-47,63H,8-18,35,44-45H2,1-7H3/b58-24+,59-27+,60-28+,61-25+,62-26+/t46-,47-,63?/m0/s1. The molecule has 0 N–H and O–H groups in total. The van der Waals surface area contributed by atoms with E-state index in [0.29, 0.717) is 140 Å². The Morgan fingerprint density at radius 1 is 0.429 bits per heavy atom. The minimum Gasteiger partial charge on any atom is -0.494 e. The van der Waals surface area contributed by atoms with Gasteiger partial charge in [0.2, 0.25) is 0 Å². The van der Waals surface area contributed by atoms with Crippen LogP contribution in [0.25, 0.3) is 46.6 Å². The first kappa shape index (κ1) is 57.9. The summed E-state index contributed by atoms with van der Waals surface area (Å²) in [7, 11) is 0. The molecular formula is C67H71N5O5. The van der Waals surface area contributed by atoms with Gasteiger partial charge in [-0.05, 0) is 196 Å². The van der Waals surface area contributed by atoms with Crippen molar-refractivity contribution in [1.29, 1.82) is 26.3 Å². The third kappa shape index (κ3) is 17.1. The van der Waals surface area contributed by atoms with Gasteiger partial charge in [-0.15, -0.1) is 0 Å². The van der Waals surface area contributed by atoms with E-state index in [1.165, 1.54) is 0 Å². The predicted molar refractivity (Wildman–Crippen MR) is 310 cm³/mol. The lowest BCUT2D eigenvalue weighted by Crippen LogP contribution is -2.16. The van der Waals surface area contributed by atoms with E-state index in [2.05, 4.69) is 78.8 Å². The molecule has 4 aromatic carbocycles. The number of unbranched alkanes of at least 4 members (excludes halogenated alkanes) is 3. The molecule has 394 valence electrons. The average Bonchev–Trinajstić information content (AvgIpc) is 3.46. The smallest absolute Gasteiger partial charge is 0.120 e. The SMILES string of the molecule is CCCCOc1cc2cc(c1)/C(C#N)=C/c1cc(OC[C@@H](C)CC)cc(c1)/C(C#N)=C/c1cc(OCCCC)cc(c1)/C(C#N)=C/C1=CC(OCCCC)CC(=C1)/C(C#N)=C/c1cc(OC[C@@H](C)CC)cc(c1)/C(C#N)=C/2. The normalized spacial score (nSPS) is 18.5. The highest BCUT2D eigenvalue weighted by molar-refractivity contribution is 5.96. The Morgan fingerprint density at radius 3 is 1.14 bits per heavy atom. The monoisotopic (exact) mass is 1030 g/mol. The molecular weight excluding hydrogens is 955 g/mol. The lowest BCUT2D eigenvalue weighted by Gasteiger charge is -2.22. The van der Waals surface area contributed by atoms with Crippen molar-refractivity contribution in [2.45, 2.75) is 112 Å². The second-order valence-electron chi connectivity index (χ2n) is 19.9. The molecule has 10 heteroatoms. The Balaban J connectivity index is 1.70. The molecule has 1 unspecified atom stereocenters. The first-order chi connectivity index (χ1) is 37.4. The van der Waals surface area contributed by atoms with Gasteiger partial charge < -0.3 is 23.7 Å². The minimum absolute atomic E-state index is 0.259. The largest absolute Gasteiger partial charge is 0.494 e. The Morgan fingerprint density at radius 2 is 0.779 bits per heavy atom. The fourth-order valence-corrected chi connectivity index (χ4v) is 8.47. The third-order valence-electron chi connectivity index (χ3n) is 13.4. The van der Waals surface area contributed by atoms with Crippen LogP contribution in [0.5, 0.6) is 23.0 Å². The molecule has 0 aromatic heterocycles. The summed E-state index contributed by atoms with van der Waals surface area (Å²) in [4.78, 5) is 0. The van der Waals surface area contributed by atoms with Crippen LogP contribution in [0.2, 0.25) is 0 Å². The van der Waals surface area contributed by atoms with Crippen LogP contribution < -0.4 is 18.9 Å². The molecule has 0 aliphatic heterocycles. The topological polar surface area (TPSA) is 165 Å². The summed E-state index contributed by atoms with van der Waals surface area (Å²) in [6.45, 7) is 17.1. The zero-order valence-corrected chi connectivity index (χ0v) is 45.9. The van der Waals surface area contributed by atoms with Gasteiger partial charge in [0.15, 0.2) is 0 Å². The van der Waals surface area contributed by atoms with Crippen LogP contribution in [0, 0.1) is 68.5 Å². The molecule has 0 fully saturated rings. The zero-order chi connectivity index (χ0) is 55.1. The average molecular weight is 1030 g/mol. The van der Waals surface area contributed by atoms with Crippen molar-refractivity contribution in [3.8, 4) is 53.3 Å². The first-order valence-electron chi connectivity index (χ1n) is 27.2. The maximum Gasteiger partial charge on any atom is 0.120 e. The van der Waals surface area contributed by atoms with Crippen molar-refractivity contribution in [3.63, 3.8) is 0 Å². The lowest BCUT2D eigenvalue weighted by atomic mass is 9.89. The molecule has 10 bridgehead atoms. The van der Waals surface area contributed by atoms with E-state index in [1.807, 2.05) is 91.0 Å². The van der Waals surface area contributed by atoms with Gasteiger partial charge in [-0.3, -0.25) is 0 Å². The quantitative estimate of drug-likeness (QED) is 0.0778. The van der Waals surface area contributed by atoms with Crippen LogP contribution in [-0.2, 0) is 4.74 Å². The van der Waals surface area contributed by atoms with Gasteiger partial charge in [0.05, 0.1) is 90.7 Å². The van der Waals surface area contributed by atoms with Crippen molar-refractivity contribution in [1.82, 2.24) is 0 Å². The number of allylic oxidation sites excluding steroid dienone is 8. The van der Waals surface area contributed by atoms with E-state index in [4.69, 9.17) is 23.7 Å². The van der Waals surface area contributed by atoms with E-state index in [1.54, 1.807) is 24.3 Å². The number of hydrogen-bond acceptors (Lipinski definition) is 10. The molecule has 0 heterocycles. The van der Waals surface area contributed by atoms with Crippen molar-refractivity contribution >= 4 is 46.6 Å². The van der Waals surface area contributed by atoms with Crippen molar-refractivity contribution in [3.05, 3.63) is 152 Å². The molecule has 2 aliphatic carbocycles. The number of rotatable bonds is 20. The number of benzene rings is 4. The van der Waals surface area contributed by atoms with E-state index in [-0.39, 0.29) is 17.9 Å². The first-order valence-corrected chi connectivity index (χ1v) is 27.2. The van der Waals surface area contributed by atoms with E-state index in [0.717, 1.165) is 56.9 Å². The molecule has 77 heavy (non-hydrogen) atoms. The highest BCUT2D eigenvalue weighted by atomic mass is 16.5. The molecule has 10 nitrogen and oxygen atoms in total. The molecule has 0 saturated carbocycles. The molecule has 0 saturated heterocycles. The summed E-state index contributed by atoms with van der Waals surface area (Å²) < 4.78 is 31.8. The van der Waals surface area contributed by atoms with Crippen LogP contribution in [0.15, 0.2) is 108 Å². The molecule has 4 aromatic rings. The lowest BCUT2D eigenvalue weighted by molar-refractivity contribution is 0.0824. The highest BCUT2D eigenvalue weighted by Crippen LogP contribution is 2.36. The van der Waals surface area contributed by atoms with Crippen molar-refractivity contribution in [2.75, 3.05) is 33.0 Å². The number of hydrogen-bond donors (Lipinski definition) is 0. The summed E-state index contributed by atoms with van der Waals surface area (Å²) in [6.07, 6.45) is 20.0. The Hall–Kier alpha value is -8.33.